The van der Waals surface area contributed by atoms with Gasteiger partial charge >= 0.3 is 0 Å². The number of nitrogens with zero attached hydrogens (tertiary/aromatic N) is 1. The maximum Gasteiger partial charge on any atom is 0.230 e. The summed E-state index contributed by atoms with van der Waals surface area (Å²) in [6.45, 7) is 3.56. The van der Waals surface area contributed by atoms with E-state index in [1.54, 1.807) is 6.92 Å². The molecule has 0 bridgehead atoms. The minimum atomic E-state index is -0.659. The Bertz CT molecular complexity index is 562. The van der Waals surface area contributed by atoms with E-state index in [1.165, 1.54) is 23.9 Å². The highest BCUT2D eigenvalue weighted by Gasteiger charge is 2.18. The molecule has 1 N–H and O–H groups in total. The third-order valence-electron chi connectivity index (χ3n) is 3.50. The largest absolute Gasteiger partial charge is 0.358 e. The predicted octanol–water partition coefficient (Wildman–Crippen LogP) is 3.26. The van der Waals surface area contributed by atoms with E-state index in [4.69, 9.17) is 12.2 Å². The lowest BCUT2D eigenvalue weighted by Gasteiger charge is -2.18. The van der Waals surface area contributed by atoms with Crippen molar-refractivity contribution >= 4 is 34.2 Å². The van der Waals surface area contributed by atoms with Gasteiger partial charge in [0.2, 0.25) is 5.91 Å². The number of amides is 1. The van der Waals surface area contributed by atoms with E-state index in [0.29, 0.717) is 0 Å². The molecule has 1 aliphatic rings. The lowest BCUT2D eigenvalue weighted by molar-refractivity contribution is -0.119. The zero-order valence-corrected chi connectivity index (χ0v) is 13.9. The maximum atomic E-state index is 13.6. The second kappa shape index (κ2) is 7.87. The number of thioether (sulfide) groups is 1. The van der Waals surface area contributed by atoms with Crippen molar-refractivity contribution in [2.75, 3.05) is 18.8 Å². The van der Waals surface area contributed by atoms with Crippen LogP contribution in [-0.4, -0.2) is 34.0 Å². The zero-order chi connectivity index (χ0) is 16.1. The maximum absolute atomic E-state index is 13.6. The molecule has 120 valence electrons. The second-order valence-corrected chi connectivity index (χ2v) is 6.81. The van der Waals surface area contributed by atoms with Gasteiger partial charge in [-0.2, -0.15) is 0 Å². The Morgan fingerprint density at radius 3 is 2.73 bits per heavy atom. The third-order valence-corrected chi connectivity index (χ3v) is 5.02. The average molecular weight is 344 g/mol. The summed E-state index contributed by atoms with van der Waals surface area (Å²) in [5.41, 5.74) is 0.266. The molecule has 0 radical (unpaired) electrons. The van der Waals surface area contributed by atoms with Crippen LogP contribution in [0.3, 0.4) is 0 Å². The molecular formula is C15H18F2N2OS2. The summed E-state index contributed by atoms with van der Waals surface area (Å²) in [7, 11) is 0. The average Bonchev–Trinajstić information content (AvgIpc) is 2.98. The van der Waals surface area contributed by atoms with Gasteiger partial charge in [-0.1, -0.05) is 30.0 Å². The number of nitrogens with one attached hydrogen (secondary N) is 1. The minimum absolute atomic E-state index is 0.197. The third kappa shape index (κ3) is 4.64. The van der Waals surface area contributed by atoms with Gasteiger partial charge in [-0.25, -0.2) is 8.78 Å². The van der Waals surface area contributed by atoms with Crippen molar-refractivity contribution in [2.45, 2.75) is 25.8 Å². The van der Waals surface area contributed by atoms with Crippen LogP contribution < -0.4 is 5.32 Å². The van der Waals surface area contributed by atoms with E-state index < -0.39 is 17.7 Å². The molecule has 1 aromatic carbocycles. The summed E-state index contributed by atoms with van der Waals surface area (Å²) in [4.78, 5) is 14.0. The van der Waals surface area contributed by atoms with Gasteiger partial charge in [0.05, 0.1) is 11.8 Å². The summed E-state index contributed by atoms with van der Waals surface area (Å²) in [6.07, 6.45) is 2.27. The second-order valence-electron chi connectivity index (χ2n) is 5.20. The van der Waals surface area contributed by atoms with Crippen molar-refractivity contribution in [1.29, 1.82) is 0 Å². The molecule has 0 spiro atoms. The molecule has 1 heterocycles. The smallest absolute Gasteiger partial charge is 0.230 e. The van der Waals surface area contributed by atoms with Crippen LogP contribution in [0, 0.1) is 11.6 Å². The fraction of sp³-hybridized carbons (Fsp3) is 0.467. The molecule has 22 heavy (non-hydrogen) atoms. The van der Waals surface area contributed by atoms with Crippen LogP contribution in [0.4, 0.5) is 8.78 Å². The lowest BCUT2D eigenvalue weighted by Crippen LogP contribution is -2.30. The predicted molar refractivity (Wildman–Crippen MR) is 88.8 cm³/mol. The van der Waals surface area contributed by atoms with Gasteiger partial charge in [0.15, 0.2) is 0 Å². The quantitative estimate of drug-likeness (QED) is 0.850. The first-order chi connectivity index (χ1) is 10.5. The summed E-state index contributed by atoms with van der Waals surface area (Å²) < 4.78 is 27.3. The van der Waals surface area contributed by atoms with Gasteiger partial charge < -0.3 is 10.2 Å². The van der Waals surface area contributed by atoms with Gasteiger partial charge in [-0.15, -0.1) is 0 Å². The first-order valence-corrected chi connectivity index (χ1v) is 8.53. The van der Waals surface area contributed by atoms with E-state index in [2.05, 4.69) is 10.2 Å². The van der Waals surface area contributed by atoms with Crippen molar-refractivity contribution < 1.29 is 13.6 Å². The summed E-state index contributed by atoms with van der Waals surface area (Å²) in [6, 6.07) is 2.82. The molecule has 1 aromatic rings. The first-order valence-electron chi connectivity index (χ1n) is 7.13. The number of benzene rings is 1. The number of hydrogen-bond acceptors (Lipinski definition) is 3. The number of thiocarbonyl (C=S) groups is 1. The van der Waals surface area contributed by atoms with Crippen LogP contribution in [0.5, 0.6) is 0 Å². The Morgan fingerprint density at radius 1 is 1.41 bits per heavy atom. The molecule has 2 rings (SSSR count). The number of rotatable bonds is 4. The van der Waals surface area contributed by atoms with Gasteiger partial charge in [0.1, 0.15) is 16.0 Å². The van der Waals surface area contributed by atoms with Crippen molar-refractivity contribution in [3.8, 4) is 0 Å². The Kier molecular flexibility index (Phi) is 6.14. The SMILES string of the molecule is C[C@@H](NC(=O)CSC(=S)N1CCCC1)c1ccc(F)cc1F. The van der Waals surface area contributed by atoms with Crippen LogP contribution in [0.1, 0.15) is 31.4 Å². The molecule has 0 aliphatic carbocycles. The highest BCUT2D eigenvalue weighted by molar-refractivity contribution is 8.23. The van der Waals surface area contributed by atoms with Crippen molar-refractivity contribution in [2.24, 2.45) is 0 Å². The van der Waals surface area contributed by atoms with E-state index in [9.17, 15) is 13.6 Å². The van der Waals surface area contributed by atoms with Gasteiger partial charge in [-0.05, 0) is 25.8 Å². The Balaban J connectivity index is 1.82. The highest BCUT2D eigenvalue weighted by atomic mass is 32.2. The number of carbonyl (C=O) groups excluding carboxylic acids is 1. The standard InChI is InChI=1S/C15H18F2N2OS2/c1-10(12-5-4-11(16)8-13(12)17)18-14(20)9-22-15(21)19-6-2-3-7-19/h4-5,8,10H,2-3,6-7,9H2,1H3,(H,18,20)/t10-/m1/s1. The van der Waals surface area contributed by atoms with Crippen LogP contribution in [0.15, 0.2) is 18.2 Å². The van der Waals surface area contributed by atoms with Crippen molar-refractivity contribution in [3.63, 3.8) is 0 Å². The fourth-order valence-corrected chi connectivity index (χ4v) is 3.39. The highest BCUT2D eigenvalue weighted by Crippen LogP contribution is 2.19. The van der Waals surface area contributed by atoms with Crippen molar-refractivity contribution in [1.82, 2.24) is 10.2 Å². The van der Waals surface area contributed by atoms with E-state index in [1.807, 2.05) is 0 Å². The monoisotopic (exact) mass is 344 g/mol. The van der Waals surface area contributed by atoms with Crippen LogP contribution in [0.2, 0.25) is 0 Å². The van der Waals surface area contributed by atoms with Crippen LogP contribution >= 0.6 is 24.0 Å². The molecule has 0 saturated carbocycles. The molecule has 1 amide bonds. The molecule has 7 heteroatoms. The summed E-state index contributed by atoms with van der Waals surface area (Å²) >= 11 is 6.60. The van der Waals surface area contributed by atoms with E-state index in [-0.39, 0.29) is 17.2 Å². The van der Waals surface area contributed by atoms with E-state index in [0.717, 1.165) is 36.3 Å². The van der Waals surface area contributed by atoms with E-state index >= 15 is 0 Å². The molecule has 3 nitrogen and oxygen atoms in total. The Labute approximate surface area is 138 Å². The zero-order valence-electron chi connectivity index (χ0n) is 12.3. The molecule has 0 aromatic heterocycles. The number of hydrogen-bond donors (Lipinski definition) is 1. The van der Waals surface area contributed by atoms with Crippen LogP contribution in [0.25, 0.3) is 0 Å². The molecule has 1 atom stereocenters. The Morgan fingerprint density at radius 2 is 2.09 bits per heavy atom. The van der Waals surface area contributed by atoms with Crippen molar-refractivity contribution in [3.05, 3.63) is 35.4 Å². The Hall–Kier alpha value is -1.21. The minimum Gasteiger partial charge on any atom is -0.358 e. The lowest BCUT2D eigenvalue weighted by atomic mass is 10.1. The molecule has 1 saturated heterocycles. The summed E-state index contributed by atoms with van der Waals surface area (Å²) in [5, 5.41) is 2.70. The summed E-state index contributed by atoms with van der Waals surface area (Å²) in [5.74, 6) is -1.32. The first kappa shape index (κ1) is 17.1. The van der Waals surface area contributed by atoms with Crippen LogP contribution in [-0.2, 0) is 4.79 Å². The molecule has 1 fully saturated rings. The molecular weight excluding hydrogens is 326 g/mol. The van der Waals surface area contributed by atoms with Gasteiger partial charge in [0.25, 0.3) is 0 Å². The number of halogens is 2. The molecule has 1 aliphatic heterocycles. The topological polar surface area (TPSA) is 32.3 Å². The fourth-order valence-electron chi connectivity index (χ4n) is 2.33. The number of carbonyl (C=O) groups is 1. The number of likely N-dealkylation sites (tertiary alicyclic amines) is 1. The van der Waals surface area contributed by atoms with Gasteiger partial charge in [-0.3, -0.25) is 4.79 Å². The van der Waals surface area contributed by atoms with Gasteiger partial charge in [0, 0.05) is 24.7 Å². The normalized spacial score (nSPS) is 15.7. The molecule has 0 unspecified atom stereocenters.